The highest BCUT2D eigenvalue weighted by Gasteiger charge is 2.34. The predicted molar refractivity (Wildman–Crippen MR) is 54.7 cm³/mol. The van der Waals surface area contributed by atoms with Gasteiger partial charge in [0, 0.05) is 0 Å². The summed E-state index contributed by atoms with van der Waals surface area (Å²) >= 11 is 0. The SMILES string of the molecule is CCCC(C)c1ccc(F)cc1C(F)(F)F. The average molecular weight is 234 g/mol. The predicted octanol–water partition coefficient (Wildman–Crippen LogP) is 4.75. The first-order valence-corrected chi connectivity index (χ1v) is 5.23. The molecule has 1 atom stereocenters. The molecule has 16 heavy (non-hydrogen) atoms. The van der Waals surface area contributed by atoms with E-state index in [-0.39, 0.29) is 11.5 Å². The Morgan fingerprint density at radius 3 is 2.38 bits per heavy atom. The fraction of sp³-hybridized carbons (Fsp3) is 0.500. The Morgan fingerprint density at radius 2 is 1.88 bits per heavy atom. The summed E-state index contributed by atoms with van der Waals surface area (Å²) in [5.74, 6) is -1.05. The van der Waals surface area contributed by atoms with Gasteiger partial charge < -0.3 is 0 Å². The third kappa shape index (κ3) is 2.97. The summed E-state index contributed by atoms with van der Waals surface area (Å²) in [5, 5.41) is 0. The Hall–Kier alpha value is -1.06. The van der Waals surface area contributed by atoms with E-state index < -0.39 is 17.6 Å². The van der Waals surface area contributed by atoms with Gasteiger partial charge in [-0.25, -0.2) is 4.39 Å². The fourth-order valence-electron chi connectivity index (χ4n) is 1.79. The molecule has 0 saturated carbocycles. The van der Waals surface area contributed by atoms with Crippen molar-refractivity contribution >= 4 is 0 Å². The van der Waals surface area contributed by atoms with Gasteiger partial charge in [0.25, 0.3) is 0 Å². The molecule has 1 aromatic rings. The molecule has 0 bridgehead atoms. The second-order valence-electron chi connectivity index (χ2n) is 3.92. The van der Waals surface area contributed by atoms with Crippen LogP contribution >= 0.6 is 0 Å². The number of benzene rings is 1. The van der Waals surface area contributed by atoms with Gasteiger partial charge in [-0.05, 0) is 30.0 Å². The third-order valence-electron chi connectivity index (χ3n) is 2.57. The van der Waals surface area contributed by atoms with Crippen LogP contribution < -0.4 is 0 Å². The molecule has 0 aliphatic rings. The molecule has 0 fully saturated rings. The van der Waals surface area contributed by atoms with Crippen molar-refractivity contribution in [2.45, 2.75) is 38.8 Å². The summed E-state index contributed by atoms with van der Waals surface area (Å²) < 4.78 is 50.8. The lowest BCUT2D eigenvalue weighted by atomic mass is 9.92. The van der Waals surface area contributed by atoms with Crippen LogP contribution in [0.4, 0.5) is 17.6 Å². The van der Waals surface area contributed by atoms with Gasteiger partial charge in [0.2, 0.25) is 0 Å². The standard InChI is InChI=1S/C12H14F4/c1-3-4-8(2)10-6-5-9(13)7-11(10)12(14,15)16/h5-8H,3-4H2,1-2H3. The molecule has 0 spiro atoms. The molecule has 0 amide bonds. The van der Waals surface area contributed by atoms with E-state index in [1.165, 1.54) is 6.07 Å². The monoisotopic (exact) mass is 234 g/mol. The van der Waals surface area contributed by atoms with E-state index >= 15 is 0 Å². The quantitative estimate of drug-likeness (QED) is 0.662. The summed E-state index contributed by atoms with van der Waals surface area (Å²) in [7, 11) is 0. The Balaban J connectivity index is 3.18. The maximum atomic E-state index is 12.8. The van der Waals surface area contributed by atoms with Crippen LogP contribution in [-0.4, -0.2) is 0 Å². The Kier molecular flexibility index (Phi) is 3.94. The molecular weight excluding hydrogens is 220 g/mol. The largest absolute Gasteiger partial charge is 0.416 e. The van der Waals surface area contributed by atoms with E-state index in [0.29, 0.717) is 12.5 Å². The van der Waals surface area contributed by atoms with E-state index in [1.807, 2.05) is 6.92 Å². The van der Waals surface area contributed by atoms with E-state index in [0.717, 1.165) is 12.5 Å². The van der Waals surface area contributed by atoms with E-state index in [4.69, 9.17) is 0 Å². The molecule has 1 unspecified atom stereocenters. The molecular formula is C12H14F4. The first kappa shape index (κ1) is 13.0. The lowest BCUT2D eigenvalue weighted by molar-refractivity contribution is -0.138. The Morgan fingerprint density at radius 1 is 1.25 bits per heavy atom. The zero-order valence-electron chi connectivity index (χ0n) is 9.24. The van der Waals surface area contributed by atoms with Crippen molar-refractivity contribution in [3.63, 3.8) is 0 Å². The van der Waals surface area contributed by atoms with Crippen molar-refractivity contribution < 1.29 is 17.6 Å². The molecule has 0 radical (unpaired) electrons. The smallest absolute Gasteiger partial charge is 0.207 e. The van der Waals surface area contributed by atoms with Crippen molar-refractivity contribution in [1.29, 1.82) is 0 Å². The number of rotatable bonds is 3. The second kappa shape index (κ2) is 4.85. The molecule has 4 heteroatoms. The first-order chi connectivity index (χ1) is 7.36. The minimum atomic E-state index is -4.49. The van der Waals surface area contributed by atoms with Gasteiger partial charge in [0.1, 0.15) is 5.82 Å². The number of hydrogen-bond donors (Lipinski definition) is 0. The molecule has 0 aromatic heterocycles. The zero-order chi connectivity index (χ0) is 12.3. The number of hydrogen-bond acceptors (Lipinski definition) is 0. The van der Waals surface area contributed by atoms with Crippen LogP contribution in [0.5, 0.6) is 0 Å². The summed E-state index contributed by atoms with van der Waals surface area (Å²) in [5.41, 5.74) is -0.677. The highest BCUT2D eigenvalue weighted by atomic mass is 19.4. The van der Waals surface area contributed by atoms with Crippen molar-refractivity contribution in [2.24, 2.45) is 0 Å². The van der Waals surface area contributed by atoms with Crippen molar-refractivity contribution in [2.75, 3.05) is 0 Å². The maximum Gasteiger partial charge on any atom is 0.416 e. The van der Waals surface area contributed by atoms with E-state index in [9.17, 15) is 17.6 Å². The number of alkyl halides is 3. The van der Waals surface area contributed by atoms with Gasteiger partial charge in [0.15, 0.2) is 0 Å². The van der Waals surface area contributed by atoms with Gasteiger partial charge in [0.05, 0.1) is 5.56 Å². The van der Waals surface area contributed by atoms with Crippen LogP contribution in [-0.2, 0) is 6.18 Å². The van der Waals surface area contributed by atoms with Gasteiger partial charge in [-0.15, -0.1) is 0 Å². The average Bonchev–Trinajstić information content (AvgIpc) is 2.16. The zero-order valence-corrected chi connectivity index (χ0v) is 9.24. The molecule has 0 aliphatic heterocycles. The molecule has 1 aromatic carbocycles. The fourth-order valence-corrected chi connectivity index (χ4v) is 1.79. The van der Waals surface area contributed by atoms with Crippen LogP contribution in [0, 0.1) is 5.82 Å². The van der Waals surface area contributed by atoms with E-state index in [2.05, 4.69) is 0 Å². The Labute approximate surface area is 92.3 Å². The highest BCUT2D eigenvalue weighted by Crippen LogP contribution is 2.36. The Bertz CT molecular complexity index is 355. The topological polar surface area (TPSA) is 0 Å². The lowest BCUT2D eigenvalue weighted by Crippen LogP contribution is -2.11. The first-order valence-electron chi connectivity index (χ1n) is 5.23. The summed E-state index contributed by atoms with van der Waals surface area (Å²) in [6, 6.07) is 2.89. The van der Waals surface area contributed by atoms with Gasteiger partial charge in [-0.2, -0.15) is 13.2 Å². The van der Waals surface area contributed by atoms with Gasteiger partial charge in [-0.1, -0.05) is 26.3 Å². The van der Waals surface area contributed by atoms with Crippen LogP contribution in [0.1, 0.15) is 43.7 Å². The molecule has 90 valence electrons. The molecule has 0 saturated heterocycles. The molecule has 1 rings (SSSR count). The van der Waals surface area contributed by atoms with Crippen LogP contribution in [0.15, 0.2) is 18.2 Å². The minimum absolute atomic E-state index is 0.177. The highest BCUT2D eigenvalue weighted by molar-refractivity contribution is 5.33. The van der Waals surface area contributed by atoms with Crippen molar-refractivity contribution in [3.05, 3.63) is 35.1 Å². The lowest BCUT2D eigenvalue weighted by Gasteiger charge is -2.17. The van der Waals surface area contributed by atoms with Crippen LogP contribution in [0.25, 0.3) is 0 Å². The minimum Gasteiger partial charge on any atom is -0.207 e. The summed E-state index contributed by atoms with van der Waals surface area (Å²) in [6.45, 7) is 3.64. The second-order valence-corrected chi connectivity index (χ2v) is 3.92. The molecule has 0 aliphatic carbocycles. The normalized spacial score (nSPS) is 13.9. The van der Waals surface area contributed by atoms with Crippen molar-refractivity contribution in [1.82, 2.24) is 0 Å². The maximum absolute atomic E-state index is 12.8. The molecule has 0 nitrogen and oxygen atoms in total. The summed E-state index contributed by atoms with van der Waals surface area (Å²) in [4.78, 5) is 0. The van der Waals surface area contributed by atoms with E-state index in [1.54, 1.807) is 6.92 Å². The molecule has 0 N–H and O–H groups in total. The number of halogens is 4. The van der Waals surface area contributed by atoms with Gasteiger partial charge >= 0.3 is 6.18 Å². The van der Waals surface area contributed by atoms with Gasteiger partial charge in [-0.3, -0.25) is 0 Å². The third-order valence-corrected chi connectivity index (χ3v) is 2.57. The van der Waals surface area contributed by atoms with Crippen LogP contribution in [0.2, 0.25) is 0 Å². The molecule has 0 heterocycles. The van der Waals surface area contributed by atoms with Crippen LogP contribution in [0.3, 0.4) is 0 Å². The van der Waals surface area contributed by atoms with Crippen molar-refractivity contribution in [3.8, 4) is 0 Å². The summed E-state index contributed by atoms with van der Waals surface area (Å²) in [6.07, 6.45) is -3.02.